The first-order valence-corrected chi connectivity index (χ1v) is 6.51. The summed E-state index contributed by atoms with van der Waals surface area (Å²) in [6.45, 7) is 1.40. The van der Waals surface area contributed by atoms with Gasteiger partial charge in [0.1, 0.15) is 30.5 Å². The third-order valence-electron chi connectivity index (χ3n) is 2.84. The number of benzene rings is 2. The van der Waals surface area contributed by atoms with E-state index in [1.165, 1.54) is 0 Å². The summed E-state index contributed by atoms with van der Waals surface area (Å²) in [5, 5.41) is 0. The number of nitrogens with two attached hydrogens (primary N) is 1. The second kappa shape index (κ2) is 7.40. The zero-order valence-electron chi connectivity index (χ0n) is 11.5. The first kappa shape index (κ1) is 14.2. The van der Waals surface area contributed by atoms with E-state index in [1.54, 1.807) is 7.11 Å². The fraction of sp³-hybridized carbons (Fsp3) is 0.250. The SMILES string of the molecule is COc1cccc(OCCOc2ccccc2CN)c1. The Hall–Kier alpha value is -2.20. The lowest BCUT2D eigenvalue weighted by Gasteiger charge is -2.11. The van der Waals surface area contributed by atoms with Crippen LogP contribution in [0.1, 0.15) is 5.56 Å². The van der Waals surface area contributed by atoms with Crippen LogP contribution >= 0.6 is 0 Å². The molecule has 0 fully saturated rings. The summed E-state index contributed by atoms with van der Waals surface area (Å²) in [7, 11) is 1.63. The summed E-state index contributed by atoms with van der Waals surface area (Å²) in [4.78, 5) is 0. The number of para-hydroxylation sites is 1. The molecule has 0 bridgehead atoms. The van der Waals surface area contributed by atoms with Crippen molar-refractivity contribution in [2.24, 2.45) is 5.73 Å². The minimum Gasteiger partial charge on any atom is -0.497 e. The molecule has 2 rings (SSSR count). The third-order valence-corrected chi connectivity index (χ3v) is 2.84. The van der Waals surface area contributed by atoms with Crippen LogP contribution < -0.4 is 19.9 Å². The van der Waals surface area contributed by atoms with Crippen molar-refractivity contribution in [3.63, 3.8) is 0 Å². The molecule has 0 saturated carbocycles. The topological polar surface area (TPSA) is 53.7 Å². The molecule has 2 aromatic carbocycles. The molecule has 0 aromatic heterocycles. The molecule has 0 amide bonds. The summed E-state index contributed by atoms with van der Waals surface area (Å²) in [6.07, 6.45) is 0. The highest BCUT2D eigenvalue weighted by atomic mass is 16.5. The van der Waals surface area contributed by atoms with E-state index in [0.717, 1.165) is 22.8 Å². The van der Waals surface area contributed by atoms with Gasteiger partial charge < -0.3 is 19.9 Å². The van der Waals surface area contributed by atoms with E-state index >= 15 is 0 Å². The van der Waals surface area contributed by atoms with Crippen molar-refractivity contribution in [2.45, 2.75) is 6.54 Å². The van der Waals surface area contributed by atoms with Gasteiger partial charge in [-0.05, 0) is 18.2 Å². The monoisotopic (exact) mass is 273 g/mol. The summed E-state index contributed by atoms with van der Waals surface area (Å²) in [6, 6.07) is 15.2. The summed E-state index contributed by atoms with van der Waals surface area (Å²) >= 11 is 0. The van der Waals surface area contributed by atoms with Crippen LogP contribution in [0.5, 0.6) is 17.2 Å². The minimum absolute atomic E-state index is 0.464. The molecular weight excluding hydrogens is 254 g/mol. The molecule has 0 aliphatic heterocycles. The average Bonchev–Trinajstić information content (AvgIpc) is 2.52. The molecule has 0 atom stereocenters. The van der Waals surface area contributed by atoms with Crippen LogP contribution in [0.25, 0.3) is 0 Å². The van der Waals surface area contributed by atoms with Gasteiger partial charge in [-0.1, -0.05) is 24.3 Å². The number of ether oxygens (including phenoxy) is 3. The van der Waals surface area contributed by atoms with Crippen molar-refractivity contribution in [3.05, 3.63) is 54.1 Å². The smallest absolute Gasteiger partial charge is 0.123 e. The Labute approximate surface area is 119 Å². The van der Waals surface area contributed by atoms with Crippen LogP contribution in [-0.2, 0) is 6.54 Å². The van der Waals surface area contributed by atoms with Gasteiger partial charge in [0.05, 0.1) is 7.11 Å². The summed E-state index contributed by atoms with van der Waals surface area (Å²) < 4.78 is 16.4. The normalized spacial score (nSPS) is 10.1. The Bertz CT molecular complexity index is 543. The molecule has 2 N–H and O–H groups in total. The maximum absolute atomic E-state index is 5.67. The van der Waals surface area contributed by atoms with Gasteiger partial charge in [-0.3, -0.25) is 0 Å². The number of hydrogen-bond donors (Lipinski definition) is 1. The quantitative estimate of drug-likeness (QED) is 0.788. The highest BCUT2D eigenvalue weighted by Gasteiger charge is 2.01. The van der Waals surface area contributed by atoms with Crippen molar-refractivity contribution in [3.8, 4) is 17.2 Å². The molecule has 106 valence electrons. The van der Waals surface area contributed by atoms with Gasteiger partial charge in [0, 0.05) is 18.2 Å². The second-order valence-electron chi connectivity index (χ2n) is 4.19. The largest absolute Gasteiger partial charge is 0.497 e. The van der Waals surface area contributed by atoms with E-state index in [0.29, 0.717) is 19.8 Å². The number of hydrogen-bond acceptors (Lipinski definition) is 4. The van der Waals surface area contributed by atoms with E-state index in [2.05, 4.69) is 0 Å². The Morgan fingerprint density at radius 2 is 1.65 bits per heavy atom. The van der Waals surface area contributed by atoms with E-state index in [1.807, 2.05) is 48.5 Å². The standard InChI is InChI=1S/C16H19NO3/c1-18-14-6-4-7-15(11-14)19-9-10-20-16-8-3-2-5-13(16)12-17/h2-8,11H,9-10,12,17H2,1H3. The molecule has 0 aliphatic rings. The lowest BCUT2D eigenvalue weighted by atomic mass is 10.2. The molecule has 4 heteroatoms. The molecule has 0 saturated heterocycles. The van der Waals surface area contributed by atoms with Gasteiger partial charge in [0.15, 0.2) is 0 Å². The number of methoxy groups -OCH3 is 1. The van der Waals surface area contributed by atoms with Gasteiger partial charge in [0.25, 0.3) is 0 Å². The number of rotatable bonds is 7. The van der Waals surface area contributed by atoms with Crippen LogP contribution in [0.4, 0.5) is 0 Å². The predicted molar refractivity (Wildman–Crippen MR) is 78.3 cm³/mol. The summed E-state index contributed by atoms with van der Waals surface area (Å²) in [5.41, 5.74) is 6.65. The van der Waals surface area contributed by atoms with Crippen molar-refractivity contribution >= 4 is 0 Å². The van der Waals surface area contributed by atoms with Crippen LogP contribution in [0, 0.1) is 0 Å². The molecule has 20 heavy (non-hydrogen) atoms. The summed E-state index contributed by atoms with van der Waals surface area (Å²) in [5.74, 6) is 2.35. The first-order valence-electron chi connectivity index (χ1n) is 6.51. The Kier molecular flexibility index (Phi) is 5.26. The highest BCUT2D eigenvalue weighted by Crippen LogP contribution is 2.19. The van der Waals surface area contributed by atoms with Gasteiger partial charge in [-0.2, -0.15) is 0 Å². The van der Waals surface area contributed by atoms with Crippen molar-refractivity contribution in [2.75, 3.05) is 20.3 Å². The third kappa shape index (κ3) is 3.90. The minimum atomic E-state index is 0.464. The molecule has 0 unspecified atom stereocenters. The van der Waals surface area contributed by atoms with E-state index in [4.69, 9.17) is 19.9 Å². The van der Waals surface area contributed by atoms with Crippen LogP contribution in [-0.4, -0.2) is 20.3 Å². The van der Waals surface area contributed by atoms with Crippen LogP contribution in [0.2, 0.25) is 0 Å². The van der Waals surface area contributed by atoms with Crippen LogP contribution in [0.15, 0.2) is 48.5 Å². The van der Waals surface area contributed by atoms with Gasteiger partial charge in [-0.15, -0.1) is 0 Å². The molecule has 0 heterocycles. The van der Waals surface area contributed by atoms with E-state index in [9.17, 15) is 0 Å². The van der Waals surface area contributed by atoms with Gasteiger partial charge >= 0.3 is 0 Å². The maximum atomic E-state index is 5.67. The van der Waals surface area contributed by atoms with Crippen molar-refractivity contribution < 1.29 is 14.2 Å². The van der Waals surface area contributed by atoms with Crippen molar-refractivity contribution in [1.29, 1.82) is 0 Å². The fourth-order valence-electron chi connectivity index (χ4n) is 1.82. The highest BCUT2D eigenvalue weighted by molar-refractivity contribution is 5.33. The second-order valence-corrected chi connectivity index (χ2v) is 4.19. The predicted octanol–water partition coefficient (Wildman–Crippen LogP) is 2.61. The zero-order chi connectivity index (χ0) is 14.2. The lowest BCUT2D eigenvalue weighted by Crippen LogP contribution is -2.10. The molecular formula is C16H19NO3. The van der Waals surface area contributed by atoms with Crippen LogP contribution in [0.3, 0.4) is 0 Å². The van der Waals surface area contributed by atoms with Gasteiger partial charge in [-0.25, -0.2) is 0 Å². The zero-order valence-corrected chi connectivity index (χ0v) is 11.5. The molecule has 4 nitrogen and oxygen atoms in total. The molecule has 0 radical (unpaired) electrons. The first-order chi connectivity index (χ1) is 9.83. The maximum Gasteiger partial charge on any atom is 0.123 e. The van der Waals surface area contributed by atoms with Crippen molar-refractivity contribution in [1.82, 2.24) is 0 Å². The Morgan fingerprint density at radius 1 is 0.900 bits per heavy atom. The fourth-order valence-corrected chi connectivity index (χ4v) is 1.82. The van der Waals surface area contributed by atoms with E-state index < -0.39 is 0 Å². The average molecular weight is 273 g/mol. The van der Waals surface area contributed by atoms with E-state index in [-0.39, 0.29) is 0 Å². The molecule has 0 spiro atoms. The Morgan fingerprint density at radius 3 is 2.45 bits per heavy atom. The Balaban J connectivity index is 1.81. The van der Waals surface area contributed by atoms with Gasteiger partial charge in [0.2, 0.25) is 0 Å². The lowest BCUT2D eigenvalue weighted by molar-refractivity contribution is 0.215. The molecule has 2 aromatic rings. The molecule has 0 aliphatic carbocycles.